The zero-order valence-electron chi connectivity index (χ0n) is 15.6. The van der Waals surface area contributed by atoms with Gasteiger partial charge in [-0.25, -0.2) is 8.42 Å². The van der Waals surface area contributed by atoms with E-state index in [-0.39, 0.29) is 17.9 Å². The van der Waals surface area contributed by atoms with E-state index in [0.717, 1.165) is 21.7 Å². The molecule has 0 aliphatic rings. The third-order valence-corrected chi connectivity index (χ3v) is 5.09. The summed E-state index contributed by atoms with van der Waals surface area (Å²) in [6, 6.07) is 10.8. The first-order chi connectivity index (χ1) is 12.1. The average Bonchev–Trinajstić information content (AvgIpc) is 2.57. The Hall–Kier alpha value is -2.41. The number of nitrogens with zero attached hydrogens (tertiary/aromatic N) is 2. The molecule has 1 aromatic carbocycles. The molecule has 1 N–H and O–H groups in total. The lowest BCUT2D eigenvalue weighted by Crippen LogP contribution is -2.40. The van der Waals surface area contributed by atoms with E-state index in [4.69, 9.17) is 0 Å². The van der Waals surface area contributed by atoms with Gasteiger partial charge < -0.3 is 5.32 Å². The minimum atomic E-state index is -3.58. The van der Waals surface area contributed by atoms with Crippen LogP contribution in [0.4, 0.5) is 5.69 Å². The van der Waals surface area contributed by atoms with Crippen LogP contribution >= 0.6 is 0 Å². The number of rotatable bonds is 6. The van der Waals surface area contributed by atoms with Gasteiger partial charge in [-0.3, -0.25) is 14.1 Å². The number of sulfonamides is 1. The standard InChI is InChI=1S/C19H25N3O3S/c1-19(2,3)16-5-7-17(8-6-16)22(26(4,24)25)14-18(23)21-13-15-9-11-20-12-10-15/h5-12H,13-14H2,1-4H3,(H,21,23). The van der Waals surface area contributed by atoms with E-state index >= 15 is 0 Å². The van der Waals surface area contributed by atoms with Crippen molar-refractivity contribution in [1.29, 1.82) is 0 Å². The number of benzene rings is 1. The molecule has 0 fully saturated rings. The smallest absolute Gasteiger partial charge is 0.241 e. The maximum atomic E-state index is 12.2. The van der Waals surface area contributed by atoms with E-state index in [1.165, 1.54) is 0 Å². The van der Waals surface area contributed by atoms with Gasteiger partial charge in [-0.15, -0.1) is 0 Å². The first kappa shape index (κ1) is 19.9. The largest absolute Gasteiger partial charge is 0.350 e. The van der Waals surface area contributed by atoms with Crippen LogP contribution in [0, 0.1) is 0 Å². The minimum Gasteiger partial charge on any atom is -0.350 e. The van der Waals surface area contributed by atoms with Gasteiger partial charge in [0.1, 0.15) is 6.54 Å². The summed E-state index contributed by atoms with van der Waals surface area (Å²) in [5.74, 6) is -0.368. The molecule has 0 saturated heterocycles. The molecule has 2 aromatic rings. The van der Waals surface area contributed by atoms with Crippen molar-refractivity contribution >= 4 is 21.6 Å². The van der Waals surface area contributed by atoms with Gasteiger partial charge in [0.05, 0.1) is 11.9 Å². The second-order valence-electron chi connectivity index (χ2n) is 7.20. The molecule has 0 aliphatic carbocycles. The lowest BCUT2D eigenvalue weighted by Gasteiger charge is -2.24. The van der Waals surface area contributed by atoms with E-state index in [2.05, 4.69) is 31.1 Å². The number of hydrogen-bond acceptors (Lipinski definition) is 4. The van der Waals surface area contributed by atoms with Gasteiger partial charge in [-0.2, -0.15) is 0 Å². The van der Waals surface area contributed by atoms with Crippen molar-refractivity contribution in [2.75, 3.05) is 17.1 Å². The van der Waals surface area contributed by atoms with Crippen LogP contribution in [0.15, 0.2) is 48.8 Å². The Balaban J connectivity index is 2.11. The summed E-state index contributed by atoms with van der Waals surface area (Å²) in [5.41, 5.74) is 2.43. The van der Waals surface area contributed by atoms with Crippen molar-refractivity contribution in [3.8, 4) is 0 Å². The average molecular weight is 375 g/mol. The fourth-order valence-electron chi connectivity index (χ4n) is 2.42. The third-order valence-electron chi connectivity index (χ3n) is 3.95. The molecule has 6 nitrogen and oxygen atoms in total. The van der Waals surface area contributed by atoms with E-state index < -0.39 is 10.0 Å². The Morgan fingerprint density at radius 2 is 1.65 bits per heavy atom. The Bertz CT molecular complexity index is 842. The Morgan fingerprint density at radius 3 is 2.15 bits per heavy atom. The molecule has 0 spiro atoms. The molecule has 0 unspecified atom stereocenters. The summed E-state index contributed by atoms with van der Waals surface area (Å²) >= 11 is 0. The summed E-state index contributed by atoms with van der Waals surface area (Å²) in [5, 5.41) is 2.73. The van der Waals surface area contributed by atoms with Gasteiger partial charge in [0, 0.05) is 18.9 Å². The topological polar surface area (TPSA) is 79.4 Å². The zero-order chi connectivity index (χ0) is 19.4. The normalized spacial score (nSPS) is 11.8. The van der Waals surface area contributed by atoms with E-state index in [1.54, 1.807) is 36.7 Å². The fourth-order valence-corrected chi connectivity index (χ4v) is 3.27. The SMILES string of the molecule is CC(C)(C)c1ccc(N(CC(=O)NCc2ccncc2)S(C)(=O)=O)cc1. The molecule has 1 aromatic heterocycles. The zero-order valence-corrected chi connectivity index (χ0v) is 16.4. The van der Waals surface area contributed by atoms with E-state index in [9.17, 15) is 13.2 Å². The van der Waals surface area contributed by atoms with Gasteiger partial charge in [0.15, 0.2) is 0 Å². The molecule has 7 heteroatoms. The molecule has 0 bridgehead atoms. The number of amides is 1. The minimum absolute atomic E-state index is 0.0314. The molecule has 0 aliphatic heterocycles. The van der Waals surface area contributed by atoms with Gasteiger partial charge in [0.2, 0.25) is 15.9 Å². The quantitative estimate of drug-likeness (QED) is 0.841. The van der Waals surface area contributed by atoms with Crippen molar-refractivity contribution in [1.82, 2.24) is 10.3 Å². The predicted octanol–water partition coefficient (Wildman–Crippen LogP) is 2.46. The number of carbonyl (C=O) groups is 1. The van der Waals surface area contributed by atoms with Crippen LogP contribution in [-0.2, 0) is 26.8 Å². The van der Waals surface area contributed by atoms with Crippen molar-refractivity contribution < 1.29 is 13.2 Å². The summed E-state index contributed by atoms with van der Waals surface area (Å²) in [6.07, 6.45) is 4.38. The molecule has 2 rings (SSSR count). The van der Waals surface area contributed by atoms with Crippen molar-refractivity contribution in [2.45, 2.75) is 32.7 Å². The monoisotopic (exact) mass is 375 g/mol. The van der Waals surface area contributed by atoms with Crippen molar-refractivity contribution in [2.24, 2.45) is 0 Å². The lowest BCUT2D eigenvalue weighted by atomic mass is 9.87. The van der Waals surface area contributed by atoms with Gasteiger partial charge >= 0.3 is 0 Å². The second-order valence-corrected chi connectivity index (χ2v) is 9.11. The van der Waals surface area contributed by atoms with Crippen LogP contribution in [0.3, 0.4) is 0 Å². The van der Waals surface area contributed by atoms with Crippen LogP contribution in [0.2, 0.25) is 0 Å². The van der Waals surface area contributed by atoms with Crippen LogP contribution in [0.5, 0.6) is 0 Å². The molecule has 0 radical (unpaired) electrons. The highest BCUT2D eigenvalue weighted by Gasteiger charge is 2.21. The van der Waals surface area contributed by atoms with E-state index in [0.29, 0.717) is 12.2 Å². The van der Waals surface area contributed by atoms with Gasteiger partial charge in [-0.05, 0) is 40.8 Å². The van der Waals surface area contributed by atoms with Crippen LogP contribution in [-0.4, -0.2) is 32.1 Å². The number of carbonyl (C=O) groups excluding carboxylic acids is 1. The molecular weight excluding hydrogens is 350 g/mol. The summed E-state index contributed by atoms with van der Waals surface area (Å²) in [7, 11) is -3.58. The van der Waals surface area contributed by atoms with E-state index in [1.807, 2.05) is 12.1 Å². The molecule has 1 amide bonds. The first-order valence-electron chi connectivity index (χ1n) is 8.31. The van der Waals surface area contributed by atoms with Gasteiger partial charge in [-0.1, -0.05) is 32.9 Å². The molecule has 140 valence electrons. The van der Waals surface area contributed by atoms with Crippen LogP contribution in [0.25, 0.3) is 0 Å². The third kappa shape index (κ3) is 5.56. The Kier molecular flexibility index (Phi) is 6.02. The lowest BCUT2D eigenvalue weighted by molar-refractivity contribution is -0.119. The fraction of sp³-hybridized carbons (Fsp3) is 0.368. The number of nitrogens with one attached hydrogen (secondary N) is 1. The summed E-state index contributed by atoms with van der Waals surface area (Å²) in [4.78, 5) is 16.2. The number of hydrogen-bond donors (Lipinski definition) is 1. The molecule has 0 saturated carbocycles. The predicted molar refractivity (Wildman–Crippen MR) is 103 cm³/mol. The first-order valence-corrected chi connectivity index (χ1v) is 10.2. The van der Waals surface area contributed by atoms with Crippen LogP contribution < -0.4 is 9.62 Å². The Labute approximate surface area is 155 Å². The summed E-state index contributed by atoms with van der Waals surface area (Å²) in [6.45, 7) is 6.31. The number of anilines is 1. The molecular formula is C19H25N3O3S. The highest BCUT2D eigenvalue weighted by Crippen LogP contribution is 2.25. The second kappa shape index (κ2) is 7.86. The highest BCUT2D eigenvalue weighted by atomic mass is 32.2. The number of pyridine rings is 1. The highest BCUT2D eigenvalue weighted by molar-refractivity contribution is 7.92. The summed E-state index contributed by atoms with van der Waals surface area (Å²) < 4.78 is 25.4. The molecule has 1 heterocycles. The Morgan fingerprint density at radius 1 is 1.08 bits per heavy atom. The van der Waals surface area contributed by atoms with Crippen molar-refractivity contribution in [3.63, 3.8) is 0 Å². The van der Waals surface area contributed by atoms with Crippen molar-refractivity contribution in [3.05, 3.63) is 59.9 Å². The molecule has 26 heavy (non-hydrogen) atoms. The maximum Gasteiger partial charge on any atom is 0.241 e. The number of aromatic nitrogens is 1. The maximum absolute atomic E-state index is 12.2. The van der Waals surface area contributed by atoms with Gasteiger partial charge in [0.25, 0.3) is 0 Å². The molecule has 0 atom stereocenters. The van der Waals surface area contributed by atoms with Crippen LogP contribution in [0.1, 0.15) is 31.9 Å².